The van der Waals surface area contributed by atoms with Gasteiger partial charge < -0.3 is 0 Å². The maximum absolute atomic E-state index is 13.0. The number of para-hydroxylation sites is 1. The molecule has 110 valence electrons. The van der Waals surface area contributed by atoms with Crippen LogP contribution in [0.4, 0.5) is 10.1 Å². The maximum Gasteiger partial charge on any atom is 0.195 e. The number of carbonyl (C=O) groups is 1. The van der Waals surface area contributed by atoms with Gasteiger partial charge in [-0.05, 0) is 42.7 Å². The van der Waals surface area contributed by atoms with Crippen LogP contribution >= 0.6 is 11.8 Å². The van der Waals surface area contributed by atoms with Gasteiger partial charge >= 0.3 is 0 Å². The molecule has 0 saturated heterocycles. The largest absolute Gasteiger partial charge is 0.289 e. The van der Waals surface area contributed by atoms with E-state index < -0.39 is 5.82 Å². The predicted molar refractivity (Wildman–Crippen MR) is 85.6 cm³/mol. The first-order valence-electron chi connectivity index (χ1n) is 6.33. The molecule has 0 heterocycles. The van der Waals surface area contributed by atoms with Gasteiger partial charge in [-0.3, -0.25) is 10.1 Å². The summed E-state index contributed by atoms with van der Waals surface area (Å²) in [6.07, 6.45) is 3.57. The van der Waals surface area contributed by atoms with E-state index in [1.54, 1.807) is 36.7 Å². The Morgan fingerprint density at radius 1 is 1.23 bits per heavy atom. The lowest BCUT2D eigenvalue weighted by molar-refractivity contribution is 0.103. The monoisotopic (exact) mass is 313 g/mol. The SMILES string of the molecule is CSC(=Nc1ccccc1C(=O)c1ccc(F)cc1)NC#N. The Morgan fingerprint density at radius 2 is 1.91 bits per heavy atom. The van der Waals surface area contributed by atoms with Crippen molar-refractivity contribution in [2.45, 2.75) is 0 Å². The van der Waals surface area contributed by atoms with Crippen LogP contribution in [0.5, 0.6) is 0 Å². The molecule has 0 spiro atoms. The molecule has 0 aliphatic rings. The van der Waals surface area contributed by atoms with Crippen molar-refractivity contribution in [2.24, 2.45) is 4.99 Å². The molecule has 0 radical (unpaired) electrons. The highest BCUT2D eigenvalue weighted by Gasteiger charge is 2.13. The number of ketones is 1. The van der Waals surface area contributed by atoms with E-state index in [0.29, 0.717) is 22.0 Å². The van der Waals surface area contributed by atoms with Gasteiger partial charge in [-0.15, -0.1) is 0 Å². The standard InChI is InChI=1S/C16H12FN3OS/c1-22-16(19-10-18)20-14-5-3-2-4-13(14)15(21)11-6-8-12(17)9-7-11/h2-9H,1H3,(H,19,20). The summed E-state index contributed by atoms with van der Waals surface area (Å²) in [5.41, 5.74) is 1.22. The zero-order chi connectivity index (χ0) is 15.9. The van der Waals surface area contributed by atoms with E-state index in [9.17, 15) is 9.18 Å². The summed E-state index contributed by atoms with van der Waals surface area (Å²) < 4.78 is 13.0. The van der Waals surface area contributed by atoms with Crippen molar-refractivity contribution in [3.05, 3.63) is 65.5 Å². The first-order valence-corrected chi connectivity index (χ1v) is 7.55. The van der Waals surface area contributed by atoms with Crippen molar-refractivity contribution in [1.29, 1.82) is 5.26 Å². The van der Waals surface area contributed by atoms with Crippen LogP contribution in [0.25, 0.3) is 0 Å². The third-order valence-electron chi connectivity index (χ3n) is 2.83. The van der Waals surface area contributed by atoms with E-state index in [-0.39, 0.29) is 5.78 Å². The van der Waals surface area contributed by atoms with Crippen LogP contribution in [0.1, 0.15) is 15.9 Å². The van der Waals surface area contributed by atoms with Crippen molar-refractivity contribution in [2.75, 3.05) is 6.26 Å². The molecule has 2 aromatic carbocycles. The second kappa shape index (κ2) is 7.38. The number of amidine groups is 1. The summed E-state index contributed by atoms with van der Waals surface area (Å²) in [5.74, 6) is -0.650. The number of nitrogens with zero attached hydrogens (tertiary/aromatic N) is 2. The molecular formula is C16H12FN3OS. The van der Waals surface area contributed by atoms with Gasteiger partial charge in [-0.1, -0.05) is 23.9 Å². The Bertz CT molecular complexity index is 751. The van der Waals surface area contributed by atoms with Crippen molar-refractivity contribution in [3.63, 3.8) is 0 Å². The highest BCUT2D eigenvalue weighted by molar-refractivity contribution is 8.13. The molecule has 0 aliphatic carbocycles. The average Bonchev–Trinajstić information content (AvgIpc) is 2.55. The minimum Gasteiger partial charge on any atom is -0.289 e. The van der Waals surface area contributed by atoms with Crippen LogP contribution in [-0.4, -0.2) is 17.2 Å². The molecule has 6 heteroatoms. The quantitative estimate of drug-likeness (QED) is 0.310. The molecule has 2 rings (SSSR count). The fraction of sp³-hybridized carbons (Fsp3) is 0.0625. The summed E-state index contributed by atoms with van der Waals surface area (Å²) in [7, 11) is 0. The lowest BCUT2D eigenvalue weighted by Gasteiger charge is -2.06. The number of halogens is 1. The van der Waals surface area contributed by atoms with E-state index >= 15 is 0 Å². The van der Waals surface area contributed by atoms with Crippen molar-refractivity contribution in [1.82, 2.24) is 5.32 Å². The molecule has 0 unspecified atom stereocenters. The Balaban J connectivity index is 2.42. The molecule has 0 aromatic heterocycles. The number of benzene rings is 2. The van der Waals surface area contributed by atoms with Crippen LogP contribution in [0.15, 0.2) is 53.5 Å². The molecule has 0 atom stereocenters. The van der Waals surface area contributed by atoms with Crippen LogP contribution in [0, 0.1) is 17.3 Å². The Kier molecular flexibility index (Phi) is 5.28. The number of nitriles is 1. The smallest absolute Gasteiger partial charge is 0.195 e. The molecule has 0 aliphatic heterocycles. The minimum atomic E-state index is -0.397. The fourth-order valence-electron chi connectivity index (χ4n) is 1.80. The topological polar surface area (TPSA) is 65.2 Å². The zero-order valence-corrected chi connectivity index (χ0v) is 12.5. The zero-order valence-electron chi connectivity index (χ0n) is 11.7. The number of rotatable bonds is 3. The van der Waals surface area contributed by atoms with Crippen LogP contribution in [0.3, 0.4) is 0 Å². The predicted octanol–water partition coefficient (Wildman–Crippen LogP) is 3.48. The van der Waals surface area contributed by atoms with Gasteiger partial charge in [0.1, 0.15) is 5.82 Å². The van der Waals surface area contributed by atoms with Gasteiger partial charge in [0, 0.05) is 11.1 Å². The molecular weight excluding hydrogens is 301 g/mol. The first kappa shape index (κ1) is 15.7. The molecule has 1 N–H and O–H groups in total. The second-order valence-electron chi connectivity index (χ2n) is 4.21. The molecule has 2 aromatic rings. The van der Waals surface area contributed by atoms with Gasteiger partial charge in [0.2, 0.25) is 0 Å². The van der Waals surface area contributed by atoms with Crippen molar-refractivity contribution < 1.29 is 9.18 Å². The van der Waals surface area contributed by atoms with Crippen LogP contribution in [-0.2, 0) is 0 Å². The first-order chi connectivity index (χ1) is 10.7. The fourth-order valence-corrected chi connectivity index (χ4v) is 2.14. The molecule has 22 heavy (non-hydrogen) atoms. The lowest BCUT2D eigenvalue weighted by atomic mass is 10.0. The highest BCUT2D eigenvalue weighted by Crippen LogP contribution is 2.23. The van der Waals surface area contributed by atoms with E-state index in [0.717, 1.165) is 0 Å². The Morgan fingerprint density at radius 3 is 2.55 bits per heavy atom. The van der Waals surface area contributed by atoms with E-state index in [1.165, 1.54) is 36.0 Å². The van der Waals surface area contributed by atoms with Crippen molar-refractivity contribution in [3.8, 4) is 6.19 Å². The third kappa shape index (κ3) is 3.71. The molecule has 0 bridgehead atoms. The number of hydrogen-bond acceptors (Lipinski definition) is 4. The molecule has 4 nitrogen and oxygen atoms in total. The molecule has 0 amide bonds. The number of aliphatic imine (C=N–C) groups is 1. The highest BCUT2D eigenvalue weighted by atomic mass is 32.2. The summed E-state index contributed by atoms with van der Waals surface area (Å²) in [4.78, 5) is 16.8. The summed E-state index contributed by atoms with van der Waals surface area (Å²) >= 11 is 1.26. The summed E-state index contributed by atoms with van der Waals surface area (Å²) in [5, 5.41) is 11.5. The van der Waals surface area contributed by atoms with E-state index in [2.05, 4.69) is 10.3 Å². The maximum atomic E-state index is 13.0. The Labute approximate surface area is 131 Å². The van der Waals surface area contributed by atoms with Gasteiger partial charge in [-0.25, -0.2) is 9.38 Å². The second-order valence-corrected chi connectivity index (χ2v) is 5.01. The lowest BCUT2D eigenvalue weighted by Crippen LogP contribution is -2.13. The van der Waals surface area contributed by atoms with Crippen molar-refractivity contribution >= 4 is 28.4 Å². The minimum absolute atomic E-state index is 0.253. The normalized spacial score (nSPS) is 10.9. The third-order valence-corrected chi connectivity index (χ3v) is 3.41. The van der Waals surface area contributed by atoms with Crippen LogP contribution < -0.4 is 5.32 Å². The van der Waals surface area contributed by atoms with Gasteiger partial charge in [-0.2, -0.15) is 5.26 Å². The van der Waals surface area contributed by atoms with Crippen LogP contribution in [0.2, 0.25) is 0 Å². The number of thioether (sulfide) groups is 1. The average molecular weight is 313 g/mol. The number of nitrogens with one attached hydrogen (secondary N) is 1. The molecule has 0 fully saturated rings. The van der Waals surface area contributed by atoms with Gasteiger partial charge in [0.25, 0.3) is 0 Å². The summed E-state index contributed by atoms with van der Waals surface area (Å²) in [6.45, 7) is 0. The van der Waals surface area contributed by atoms with Gasteiger partial charge in [0.15, 0.2) is 17.1 Å². The number of carbonyl (C=O) groups excluding carboxylic acids is 1. The Hall–Kier alpha value is -2.65. The molecule has 0 saturated carbocycles. The number of hydrogen-bond donors (Lipinski definition) is 1. The summed E-state index contributed by atoms with van der Waals surface area (Å²) in [6, 6.07) is 12.2. The van der Waals surface area contributed by atoms with E-state index in [4.69, 9.17) is 5.26 Å². The van der Waals surface area contributed by atoms with Gasteiger partial charge in [0.05, 0.1) is 5.69 Å². The van der Waals surface area contributed by atoms with E-state index in [1.807, 2.05) is 0 Å².